The fourth-order valence-electron chi connectivity index (χ4n) is 16.9. The highest BCUT2D eigenvalue weighted by Gasteiger charge is 2.74. The van der Waals surface area contributed by atoms with E-state index in [9.17, 15) is 105 Å². The summed E-state index contributed by atoms with van der Waals surface area (Å²) in [5.74, 6) is 1.38. The van der Waals surface area contributed by atoms with E-state index in [0.29, 0.717) is 64.6 Å². The number of fused-ring (bicyclic) bond motifs is 3. The largest absolute Gasteiger partial charge is 0.403 e. The molecule has 9 rings (SSSR count). The van der Waals surface area contributed by atoms with E-state index in [1.807, 2.05) is 13.8 Å². The van der Waals surface area contributed by atoms with Gasteiger partial charge in [0, 0.05) is 0 Å². The molecule has 0 nitrogen and oxygen atoms in total. The van der Waals surface area contributed by atoms with Crippen molar-refractivity contribution >= 4 is 0 Å². The summed E-state index contributed by atoms with van der Waals surface area (Å²) in [6.07, 6.45) is -21.0. The quantitative estimate of drug-likeness (QED) is 0.247. The zero-order chi connectivity index (χ0) is 93.3. The lowest BCUT2D eigenvalue weighted by molar-refractivity contribution is -0.364. The summed E-state index contributed by atoms with van der Waals surface area (Å²) in [7, 11) is 0. The molecule has 0 radical (unpaired) electrons. The van der Waals surface area contributed by atoms with Crippen LogP contribution in [0.2, 0.25) is 0 Å². The molecule has 0 heterocycles. The summed E-state index contributed by atoms with van der Waals surface area (Å²) in [5, 5.41) is 0. The van der Waals surface area contributed by atoms with Gasteiger partial charge in [0.2, 0.25) is 0 Å². The molecule has 9 fully saturated rings. The second kappa shape index (κ2) is 47.8. The van der Waals surface area contributed by atoms with Crippen LogP contribution in [0.5, 0.6) is 0 Å². The topological polar surface area (TPSA) is 0 Å². The molecule has 24 heteroatoms. The predicted octanol–water partition coefficient (Wildman–Crippen LogP) is 38.2. The Hall–Kier alpha value is -1.68. The zero-order valence-electron chi connectivity index (χ0n) is 78.3. The Balaban J connectivity index is -0.00000125. The lowest BCUT2D eigenvalue weighted by Gasteiger charge is -2.49. The van der Waals surface area contributed by atoms with Crippen molar-refractivity contribution < 1.29 is 105 Å². The SMILES string of the molecule is CC(C)(C)C.CC(C)C(C)(C)C.CC1CC2CCC1(C)CC2.CC1CCC(C(F)(F)F)(C(F)(F)F)CC1.CC1CCC(C(F)(F)F)CC1.CC1CCC2(CC1)CCC(C(F)(F)F)(C(F)(F)F)CC2.CC1CCCC(C(F)(F)F)[C@@H]1C.CCC(C)(C)C.CCC(CC)C(C)(C)C.CCCC(C)(C)C.C[C@@H]1CCCCC1(C(F)(F)F)C(F)(F)F. The molecule has 9 aliphatic carbocycles. The van der Waals surface area contributed by atoms with E-state index in [0.717, 1.165) is 87.4 Å². The molecular weight excluding hydrogens is 1570 g/mol. The maximum atomic E-state index is 13.0. The molecule has 9 saturated carbocycles. The van der Waals surface area contributed by atoms with Crippen LogP contribution >= 0.6 is 0 Å². The van der Waals surface area contributed by atoms with Crippen LogP contribution in [0.3, 0.4) is 0 Å². The van der Waals surface area contributed by atoms with Crippen LogP contribution in [0.1, 0.15) is 420 Å². The number of halogens is 24. The first-order chi connectivity index (χ1) is 52.0. The van der Waals surface area contributed by atoms with E-state index in [4.69, 9.17) is 0 Å². The number of hydrogen-bond donors (Lipinski definition) is 0. The Morgan fingerprint density at radius 3 is 0.915 bits per heavy atom. The Morgan fingerprint density at radius 2 is 0.692 bits per heavy atom. The van der Waals surface area contributed by atoms with Crippen LogP contribution in [-0.2, 0) is 0 Å². The summed E-state index contributed by atoms with van der Waals surface area (Å²) in [5.41, 5.74) is -7.35. The van der Waals surface area contributed by atoms with E-state index in [2.05, 4.69) is 173 Å². The standard InChI is InChI=1S/C14H20F6.C10H18.2C9H12F6.C9H15F3.C9H20.C8H13F3.2C7H16.C6H14.C5H12/c1-10-2-4-11(5-3-10)6-8-12(9-7-11,13(15,16)17)14(18,19)20;1-8-7-9-3-5-10(8,2)6-4-9;1-6-2-4-7(5-3-6,8(10,11)12)9(13,14)15;1-6-4-2-3-5-7(6,8(10,11)12)9(13,14)15;1-6-4-3-5-8(7(6)2)9(10,11)12;1-6-8(7-2)9(3,4)5;1-6-2-4-7(5-3-6)8(9,10)11;1-6(2)7(3,4)5;1-5-6-7(2,3)4;1-5-6(2,3)4;1-5(2,3)4/h10H,2-9H2,1H3;8-9H,3-7H2,1-2H3;2*6H,2-5H2,1H3;6-8H,3-5H2,1-2H3;8H,6-7H2,1-5H3;6-7H,2-5H2,1H3;6H,1-5H3;5-6H2,1-4H3;5H2,1-4H3;1-4H3/t;;;6-;6?,7-,8?;;;;;;/m...11....../s1. The minimum absolute atomic E-state index is 0.0106. The second-order valence-electron chi connectivity index (χ2n) is 43.9. The highest BCUT2D eigenvalue weighted by Crippen LogP contribution is 2.65. The van der Waals surface area contributed by atoms with Crippen molar-refractivity contribution in [2.24, 2.45) is 125 Å². The maximum absolute atomic E-state index is 13.0. The zero-order valence-corrected chi connectivity index (χ0v) is 78.3. The molecular formula is C93H168F24. The molecule has 0 saturated heterocycles. The molecule has 3 unspecified atom stereocenters. The van der Waals surface area contributed by atoms with Crippen molar-refractivity contribution in [3.05, 3.63) is 0 Å². The fourth-order valence-corrected chi connectivity index (χ4v) is 16.9. The smallest absolute Gasteiger partial charge is 0.171 e. The van der Waals surface area contributed by atoms with Crippen molar-refractivity contribution in [3.63, 3.8) is 0 Å². The van der Waals surface area contributed by atoms with E-state index >= 15 is 0 Å². The van der Waals surface area contributed by atoms with Gasteiger partial charge in [-0.25, -0.2) is 0 Å². The van der Waals surface area contributed by atoms with Crippen molar-refractivity contribution in [2.45, 2.75) is 469 Å². The number of alkyl halides is 24. The van der Waals surface area contributed by atoms with E-state index in [1.54, 1.807) is 13.8 Å². The molecule has 0 aromatic carbocycles. The van der Waals surface area contributed by atoms with Gasteiger partial charge in [0.15, 0.2) is 16.2 Å². The number of hydrogen-bond acceptors (Lipinski definition) is 0. The van der Waals surface area contributed by atoms with E-state index < -0.39 is 116 Å². The Morgan fingerprint density at radius 1 is 0.342 bits per heavy atom. The molecule has 117 heavy (non-hydrogen) atoms. The van der Waals surface area contributed by atoms with Crippen LogP contribution in [0.25, 0.3) is 0 Å². The summed E-state index contributed by atoms with van der Waals surface area (Å²) < 4.78 is 302. The van der Waals surface area contributed by atoms with Gasteiger partial charge >= 0.3 is 49.4 Å². The molecule has 0 N–H and O–H groups in total. The first-order valence-electron chi connectivity index (χ1n) is 44.5. The molecule has 2 bridgehead atoms. The minimum atomic E-state index is -5.20. The molecule has 708 valence electrons. The van der Waals surface area contributed by atoms with E-state index in [-0.39, 0.29) is 61.7 Å². The highest BCUT2D eigenvalue weighted by molar-refractivity contribution is 5.03. The summed E-state index contributed by atoms with van der Waals surface area (Å²) in [6.45, 7) is 65.0. The fraction of sp³-hybridized carbons (Fsp3) is 1.00. The summed E-state index contributed by atoms with van der Waals surface area (Å²) in [6, 6.07) is 0. The third-order valence-corrected chi connectivity index (χ3v) is 27.8. The Bertz CT molecular complexity index is 2500. The first-order valence-corrected chi connectivity index (χ1v) is 44.5. The van der Waals surface area contributed by atoms with Gasteiger partial charge in [0.1, 0.15) is 0 Å². The third kappa shape index (κ3) is 42.0. The third-order valence-electron chi connectivity index (χ3n) is 27.8. The van der Waals surface area contributed by atoms with Gasteiger partial charge in [-0.15, -0.1) is 0 Å². The van der Waals surface area contributed by atoms with Crippen molar-refractivity contribution in [1.82, 2.24) is 0 Å². The summed E-state index contributed by atoms with van der Waals surface area (Å²) in [4.78, 5) is 0. The van der Waals surface area contributed by atoms with Gasteiger partial charge in [-0.2, -0.15) is 105 Å². The molecule has 0 aromatic rings. The predicted molar refractivity (Wildman–Crippen MR) is 437 cm³/mol. The van der Waals surface area contributed by atoms with Gasteiger partial charge in [0.05, 0.1) is 11.8 Å². The van der Waals surface area contributed by atoms with E-state index in [1.165, 1.54) is 64.2 Å². The van der Waals surface area contributed by atoms with Gasteiger partial charge < -0.3 is 0 Å². The van der Waals surface area contributed by atoms with Gasteiger partial charge in [0.25, 0.3) is 0 Å². The molecule has 0 aliphatic heterocycles. The molecule has 0 amide bonds. The maximum Gasteiger partial charge on any atom is 0.403 e. The van der Waals surface area contributed by atoms with Crippen molar-refractivity contribution in [3.8, 4) is 0 Å². The molecule has 1 spiro atoms. The molecule has 0 aromatic heterocycles. The normalized spacial score (nSPS) is 26.7. The number of rotatable bonds is 3. The average Bonchev–Trinajstić information content (AvgIpc) is 0.744. The summed E-state index contributed by atoms with van der Waals surface area (Å²) >= 11 is 0. The van der Waals surface area contributed by atoms with Gasteiger partial charge in [-0.1, -0.05) is 285 Å². The average molecular weight is 1740 g/mol. The molecule has 5 atom stereocenters. The van der Waals surface area contributed by atoms with Crippen LogP contribution in [0.4, 0.5) is 105 Å². The van der Waals surface area contributed by atoms with Gasteiger partial charge in [-0.05, 0) is 232 Å². The van der Waals surface area contributed by atoms with Crippen LogP contribution in [0, 0.1) is 125 Å². The lowest BCUT2D eigenvalue weighted by atomic mass is 9.57. The van der Waals surface area contributed by atoms with Crippen molar-refractivity contribution in [2.75, 3.05) is 0 Å². The highest BCUT2D eigenvalue weighted by atomic mass is 19.4. The van der Waals surface area contributed by atoms with Crippen LogP contribution in [0.15, 0.2) is 0 Å². The first kappa shape index (κ1) is 119. The van der Waals surface area contributed by atoms with Crippen molar-refractivity contribution in [1.29, 1.82) is 0 Å². The molecule has 9 aliphatic rings. The minimum Gasteiger partial charge on any atom is -0.171 e. The van der Waals surface area contributed by atoms with Gasteiger partial charge in [-0.3, -0.25) is 0 Å². The Kier molecular flexibility index (Phi) is 48.8. The van der Waals surface area contributed by atoms with Crippen LogP contribution in [-0.4, -0.2) is 49.4 Å². The Labute approximate surface area is 696 Å². The monoisotopic (exact) mass is 1740 g/mol. The van der Waals surface area contributed by atoms with Crippen LogP contribution < -0.4 is 0 Å². The lowest BCUT2D eigenvalue weighted by Crippen LogP contribution is -2.55. The second-order valence-corrected chi connectivity index (χ2v) is 43.9.